The molecule has 3 aromatic rings. The number of nitrogens with one attached hydrogen (secondary N) is 3. The number of hydrogen-bond acceptors (Lipinski definition) is 6. The van der Waals surface area contributed by atoms with E-state index in [1.165, 1.54) is 12.0 Å². The van der Waals surface area contributed by atoms with Crippen LogP contribution in [0.4, 0.5) is 4.79 Å². The lowest BCUT2D eigenvalue weighted by Crippen LogP contribution is -2.54. The normalized spacial score (nSPS) is 16.7. The summed E-state index contributed by atoms with van der Waals surface area (Å²) in [5, 5.41) is 6.58. The van der Waals surface area contributed by atoms with Crippen molar-refractivity contribution in [2.24, 2.45) is 0 Å². The Labute approximate surface area is 239 Å². The zero-order valence-corrected chi connectivity index (χ0v) is 23.9. The molecule has 1 aliphatic rings. The summed E-state index contributed by atoms with van der Waals surface area (Å²) in [6, 6.07) is 15.0. The molecule has 0 bridgehead atoms. The van der Waals surface area contributed by atoms with Crippen LogP contribution in [0.25, 0.3) is 10.9 Å². The molecule has 1 saturated heterocycles. The third kappa shape index (κ3) is 7.65. The highest BCUT2D eigenvalue weighted by Gasteiger charge is 2.40. The minimum Gasteiger partial charge on any atom is -0.467 e. The van der Waals surface area contributed by atoms with Crippen LogP contribution in [-0.4, -0.2) is 71.1 Å². The first-order valence-electron chi connectivity index (χ1n) is 13.8. The van der Waals surface area contributed by atoms with E-state index in [1.54, 1.807) is 20.8 Å². The Kier molecular flexibility index (Phi) is 9.31. The van der Waals surface area contributed by atoms with E-state index in [2.05, 4.69) is 15.6 Å². The van der Waals surface area contributed by atoms with Crippen molar-refractivity contribution >= 4 is 34.8 Å². The number of carbonyl (C=O) groups excluding carboxylic acids is 4. The molecule has 1 fully saturated rings. The smallest absolute Gasteiger partial charge is 0.408 e. The SMILES string of the molecule is COC(=O)[C@H](Cc1ccccc1)N1C(=O)CC[C@@H]1CNC(=O)[C@@H](Cc1c[nH]c2ccccc12)NC(=O)OC(C)(C)C. The number of alkyl carbamates (subject to hydrolysis) is 1. The van der Waals surface area contributed by atoms with Crippen molar-refractivity contribution in [1.29, 1.82) is 0 Å². The zero-order valence-electron chi connectivity index (χ0n) is 23.9. The third-order valence-corrected chi connectivity index (χ3v) is 7.07. The third-order valence-electron chi connectivity index (χ3n) is 7.07. The molecule has 2 heterocycles. The van der Waals surface area contributed by atoms with Crippen LogP contribution >= 0.6 is 0 Å². The number of para-hydroxylation sites is 1. The Morgan fingerprint density at radius 2 is 1.76 bits per heavy atom. The molecule has 10 nitrogen and oxygen atoms in total. The molecule has 4 rings (SSSR count). The molecule has 0 aliphatic carbocycles. The lowest BCUT2D eigenvalue weighted by atomic mass is 10.0. The quantitative estimate of drug-likeness (QED) is 0.325. The highest BCUT2D eigenvalue weighted by atomic mass is 16.6. The van der Waals surface area contributed by atoms with Crippen LogP contribution in [0.1, 0.15) is 44.7 Å². The molecule has 3 N–H and O–H groups in total. The fourth-order valence-electron chi connectivity index (χ4n) is 5.18. The van der Waals surface area contributed by atoms with Gasteiger partial charge in [-0.3, -0.25) is 9.59 Å². The van der Waals surface area contributed by atoms with Gasteiger partial charge in [-0.15, -0.1) is 0 Å². The van der Waals surface area contributed by atoms with Crippen molar-refractivity contribution in [1.82, 2.24) is 20.5 Å². The van der Waals surface area contributed by atoms with Crippen LogP contribution in [0.3, 0.4) is 0 Å². The van der Waals surface area contributed by atoms with Crippen molar-refractivity contribution in [3.63, 3.8) is 0 Å². The fourth-order valence-corrected chi connectivity index (χ4v) is 5.18. The van der Waals surface area contributed by atoms with Gasteiger partial charge in [0.25, 0.3) is 0 Å². The van der Waals surface area contributed by atoms with Gasteiger partial charge in [0.05, 0.1) is 13.2 Å². The number of nitrogens with zero attached hydrogens (tertiary/aromatic N) is 1. The number of hydrogen-bond donors (Lipinski definition) is 3. The number of methoxy groups -OCH3 is 1. The minimum atomic E-state index is -0.935. The topological polar surface area (TPSA) is 130 Å². The molecule has 3 amide bonds. The van der Waals surface area contributed by atoms with Crippen molar-refractivity contribution in [3.8, 4) is 0 Å². The summed E-state index contributed by atoms with van der Waals surface area (Å²) in [6.45, 7) is 5.37. The summed E-state index contributed by atoms with van der Waals surface area (Å²) in [6.07, 6.45) is 2.38. The van der Waals surface area contributed by atoms with Crippen molar-refractivity contribution in [3.05, 3.63) is 71.9 Å². The number of esters is 1. The van der Waals surface area contributed by atoms with Crippen LogP contribution in [-0.2, 0) is 36.7 Å². The number of rotatable bonds is 10. The van der Waals surface area contributed by atoms with Crippen LogP contribution in [0.2, 0.25) is 0 Å². The molecule has 41 heavy (non-hydrogen) atoms. The summed E-state index contributed by atoms with van der Waals surface area (Å²) in [4.78, 5) is 56.7. The second-order valence-corrected chi connectivity index (χ2v) is 11.2. The zero-order chi connectivity index (χ0) is 29.6. The molecular formula is C31H38N4O6. The fraction of sp³-hybridized carbons (Fsp3) is 0.419. The molecule has 1 aromatic heterocycles. The largest absolute Gasteiger partial charge is 0.467 e. The molecule has 0 spiro atoms. The van der Waals surface area contributed by atoms with E-state index in [0.29, 0.717) is 12.8 Å². The Morgan fingerprint density at radius 1 is 1.05 bits per heavy atom. The molecular weight excluding hydrogens is 524 g/mol. The number of amides is 3. The maximum absolute atomic E-state index is 13.5. The number of aromatic nitrogens is 1. The Balaban J connectivity index is 1.50. The van der Waals surface area contributed by atoms with Crippen LogP contribution in [0.5, 0.6) is 0 Å². The number of benzene rings is 2. The lowest BCUT2D eigenvalue weighted by molar-refractivity contribution is -0.152. The number of ether oxygens (including phenoxy) is 2. The Morgan fingerprint density at radius 3 is 2.46 bits per heavy atom. The van der Waals surface area contributed by atoms with Gasteiger partial charge in [-0.1, -0.05) is 48.5 Å². The standard InChI is InChI=1S/C31H38N4O6/c1-31(2,3)41-30(39)34-25(17-21-18-32-24-13-9-8-12-23(21)24)28(37)33-19-22-14-15-27(36)35(22)26(29(38)40-4)16-20-10-6-5-7-11-20/h5-13,18,22,25-26,32H,14-17,19H2,1-4H3,(H,33,37)(H,34,39)/t22-,25-,26+/m1/s1. The van der Waals surface area contributed by atoms with Crippen molar-refractivity contribution in [2.45, 2.75) is 70.2 Å². The average Bonchev–Trinajstić information content (AvgIpc) is 3.52. The van der Waals surface area contributed by atoms with Gasteiger partial charge >= 0.3 is 12.1 Å². The van der Waals surface area contributed by atoms with E-state index in [-0.39, 0.29) is 25.3 Å². The van der Waals surface area contributed by atoms with Crippen LogP contribution in [0, 0.1) is 0 Å². The van der Waals surface area contributed by atoms with Gasteiger partial charge in [0.1, 0.15) is 17.7 Å². The van der Waals surface area contributed by atoms with E-state index in [1.807, 2.05) is 60.8 Å². The van der Waals surface area contributed by atoms with Gasteiger partial charge in [-0.25, -0.2) is 9.59 Å². The minimum absolute atomic E-state index is 0.118. The van der Waals surface area contributed by atoms with E-state index in [4.69, 9.17) is 9.47 Å². The van der Waals surface area contributed by atoms with E-state index < -0.39 is 41.7 Å². The molecule has 10 heteroatoms. The summed E-state index contributed by atoms with van der Waals surface area (Å²) < 4.78 is 10.5. The maximum atomic E-state index is 13.5. The summed E-state index contributed by atoms with van der Waals surface area (Å²) in [5.41, 5.74) is 1.94. The molecule has 0 unspecified atom stereocenters. The molecule has 1 aliphatic heterocycles. The van der Waals surface area contributed by atoms with Crippen molar-refractivity contribution < 1.29 is 28.7 Å². The second kappa shape index (κ2) is 12.9. The second-order valence-electron chi connectivity index (χ2n) is 11.2. The molecule has 2 aromatic carbocycles. The Hall–Kier alpha value is -4.34. The first-order valence-corrected chi connectivity index (χ1v) is 13.8. The van der Waals surface area contributed by atoms with Gasteiger partial charge in [-0.05, 0) is 44.4 Å². The predicted octanol–water partition coefficient (Wildman–Crippen LogP) is 3.50. The van der Waals surface area contributed by atoms with Crippen molar-refractivity contribution in [2.75, 3.05) is 13.7 Å². The molecule has 218 valence electrons. The number of likely N-dealkylation sites (tertiary alicyclic amines) is 1. The number of fused-ring (bicyclic) bond motifs is 1. The number of aromatic amines is 1. The highest BCUT2D eigenvalue weighted by molar-refractivity contribution is 5.89. The Bertz CT molecular complexity index is 1380. The monoisotopic (exact) mass is 562 g/mol. The first kappa shape index (κ1) is 29.6. The summed E-state index contributed by atoms with van der Waals surface area (Å²) in [5.74, 6) is -1.10. The van der Waals surface area contributed by atoms with E-state index in [9.17, 15) is 19.2 Å². The van der Waals surface area contributed by atoms with Gasteiger partial charge in [0.15, 0.2) is 0 Å². The van der Waals surface area contributed by atoms with E-state index in [0.717, 1.165) is 22.0 Å². The van der Waals surface area contributed by atoms with E-state index >= 15 is 0 Å². The number of carbonyl (C=O) groups is 4. The van der Waals surface area contributed by atoms with Gasteiger partial charge in [0.2, 0.25) is 11.8 Å². The predicted molar refractivity (Wildman–Crippen MR) is 154 cm³/mol. The van der Waals surface area contributed by atoms with Crippen LogP contribution < -0.4 is 10.6 Å². The summed E-state index contributed by atoms with van der Waals surface area (Å²) in [7, 11) is 1.30. The maximum Gasteiger partial charge on any atom is 0.408 e. The molecule has 3 atom stereocenters. The van der Waals surface area contributed by atoms with Crippen LogP contribution in [0.15, 0.2) is 60.8 Å². The first-order chi connectivity index (χ1) is 19.6. The van der Waals surface area contributed by atoms with Gasteiger partial charge in [0, 0.05) is 42.9 Å². The molecule has 0 saturated carbocycles. The highest BCUT2D eigenvalue weighted by Crippen LogP contribution is 2.25. The lowest BCUT2D eigenvalue weighted by Gasteiger charge is -2.32. The average molecular weight is 563 g/mol. The molecule has 0 radical (unpaired) electrons. The van der Waals surface area contributed by atoms with Gasteiger partial charge in [-0.2, -0.15) is 0 Å². The number of H-pyrrole nitrogens is 1. The van der Waals surface area contributed by atoms with Gasteiger partial charge < -0.3 is 30.0 Å². The summed E-state index contributed by atoms with van der Waals surface area (Å²) >= 11 is 0.